The fraction of sp³-hybridized carbons (Fsp3) is 0.806. The van der Waals surface area contributed by atoms with Crippen LogP contribution in [0.1, 0.15) is 112 Å². The molecule has 0 radical (unpaired) electrons. The summed E-state index contributed by atoms with van der Waals surface area (Å²) in [5, 5.41) is 25.3. The van der Waals surface area contributed by atoms with Crippen LogP contribution in [0.25, 0.3) is 0 Å². The minimum Gasteiger partial charge on any atom is -0.393 e. The summed E-state index contributed by atoms with van der Waals surface area (Å²) in [5.41, 5.74) is 1.29. The molecule has 0 bridgehead atoms. The second-order valence-electron chi connectivity index (χ2n) is 16.5. The lowest BCUT2D eigenvalue weighted by molar-refractivity contribution is -0.203. The Bertz CT molecular complexity index is 1290. The van der Waals surface area contributed by atoms with Gasteiger partial charge in [-0.3, -0.25) is 0 Å². The van der Waals surface area contributed by atoms with Gasteiger partial charge < -0.3 is 15.5 Å². The first-order chi connectivity index (χ1) is 20.5. The quantitative estimate of drug-likeness (QED) is 0.270. The standard InChI is InChI=1S/C36H58N2O5S/c1-8-26-30-21-24(39)15-18-36(30,7)29-16-19-35(6)27(13-14-28(35)31(29)32(26)40)22(2)17-20-37-33(41)38-44(42,43)25-11-9-23(10-12-25)34(3,4)5/h9-12,22,24,26-32,39-40H,8,13-21H2,1-7H3,(H2,37,38,41)/t22-,24-,26?,27?,28+,29+,30?,31+,32-,35?,36?/m1/s1. The van der Waals surface area contributed by atoms with Crippen LogP contribution in [-0.4, -0.2) is 43.4 Å². The van der Waals surface area contributed by atoms with Crippen LogP contribution in [0.4, 0.5) is 4.79 Å². The molecule has 0 aromatic heterocycles. The summed E-state index contributed by atoms with van der Waals surface area (Å²) in [5.74, 6) is 2.87. The molecule has 1 aromatic carbocycles. The molecule has 0 spiro atoms. The summed E-state index contributed by atoms with van der Waals surface area (Å²) >= 11 is 0. The molecule has 4 saturated carbocycles. The Morgan fingerprint density at radius 2 is 1.61 bits per heavy atom. The van der Waals surface area contributed by atoms with Gasteiger partial charge in [-0.2, -0.15) is 0 Å². The highest BCUT2D eigenvalue weighted by Crippen LogP contribution is 2.69. The van der Waals surface area contributed by atoms with Crippen molar-refractivity contribution in [1.29, 1.82) is 0 Å². The van der Waals surface area contributed by atoms with Crippen molar-refractivity contribution in [3.05, 3.63) is 29.8 Å². The van der Waals surface area contributed by atoms with E-state index in [9.17, 15) is 23.4 Å². The molecule has 4 N–H and O–H groups in total. The first kappa shape index (κ1) is 33.7. The average Bonchev–Trinajstić information content (AvgIpc) is 3.30. The van der Waals surface area contributed by atoms with Gasteiger partial charge in [0.15, 0.2) is 0 Å². The zero-order valence-corrected chi connectivity index (χ0v) is 28.9. The predicted octanol–water partition coefficient (Wildman–Crippen LogP) is 6.62. The van der Waals surface area contributed by atoms with Gasteiger partial charge in [-0.25, -0.2) is 17.9 Å². The molecular weight excluding hydrogens is 572 g/mol. The lowest BCUT2D eigenvalue weighted by Gasteiger charge is -2.64. The van der Waals surface area contributed by atoms with Gasteiger partial charge in [0.2, 0.25) is 0 Å². The fourth-order valence-corrected chi connectivity index (χ4v) is 11.8. The molecule has 1 aromatic rings. The van der Waals surface area contributed by atoms with Crippen molar-refractivity contribution < 1.29 is 23.4 Å². The Balaban J connectivity index is 1.19. The Labute approximate surface area is 266 Å². The van der Waals surface area contributed by atoms with Crippen LogP contribution in [-0.2, 0) is 15.4 Å². The van der Waals surface area contributed by atoms with Gasteiger partial charge in [0, 0.05) is 6.54 Å². The summed E-state index contributed by atoms with van der Waals surface area (Å²) in [6, 6.07) is 6.00. The van der Waals surface area contributed by atoms with E-state index in [0.29, 0.717) is 42.1 Å². The minimum absolute atomic E-state index is 0.0781. The van der Waals surface area contributed by atoms with Crippen LogP contribution in [0, 0.1) is 52.3 Å². The molecule has 5 rings (SSSR count). The van der Waals surface area contributed by atoms with Gasteiger partial charge in [-0.15, -0.1) is 0 Å². The van der Waals surface area contributed by atoms with Crippen LogP contribution in [0.3, 0.4) is 0 Å². The molecular formula is C36H58N2O5S. The number of aliphatic hydroxyl groups is 2. The maximum Gasteiger partial charge on any atom is 0.328 e. The van der Waals surface area contributed by atoms with Gasteiger partial charge >= 0.3 is 6.03 Å². The maximum atomic E-state index is 12.8. The van der Waals surface area contributed by atoms with Crippen LogP contribution in [0.2, 0.25) is 0 Å². The molecule has 5 unspecified atom stereocenters. The highest BCUT2D eigenvalue weighted by molar-refractivity contribution is 7.90. The average molecular weight is 631 g/mol. The smallest absolute Gasteiger partial charge is 0.328 e. The topological polar surface area (TPSA) is 116 Å². The largest absolute Gasteiger partial charge is 0.393 e. The Hall–Kier alpha value is -1.64. The van der Waals surface area contributed by atoms with Gasteiger partial charge in [0.1, 0.15) is 0 Å². The number of rotatable bonds is 7. The first-order valence-electron chi connectivity index (χ1n) is 17.3. The zero-order valence-electron chi connectivity index (χ0n) is 28.1. The fourth-order valence-electron chi connectivity index (χ4n) is 10.9. The van der Waals surface area contributed by atoms with Crippen molar-refractivity contribution in [2.75, 3.05) is 6.54 Å². The Morgan fingerprint density at radius 3 is 2.25 bits per heavy atom. The van der Waals surface area contributed by atoms with E-state index in [0.717, 1.165) is 56.9 Å². The molecule has 248 valence electrons. The van der Waals surface area contributed by atoms with Crippen molar-refractivity contribution >= 4 is 16.1 Å². The number of hydrogen-bond acceptors (Lipinski definition) is 5. The lowest BCUT2D eigenvalue weighted by atomic mass is 9.41. The van der Waals surface area contributed by atoms with E-state index in [4.69, 9.17) is 0 Å². The molecule has 4 fully saturated rings. The number of sulfonamides is 1. The molecule has 4 aliphatic carbocycles. The van der Waals surface area contributed by atoms with E-state index in [-0.39, 0.29) is 39.3 Å². The van der Waals surface area contributed by atoms with E-state index in [1.807, 2.05) is 0 Å². The summed E-state index contributed by atoms with van der Waals surface area (Å²) in [6.45, 7) is 16.1. The number of fused-ring (bicyclic) bond motifs is 5. The zero-order chi connectivity index (χ0) is 32.2. The summed E-state index contributed by atoms with van der Waals surface area (Å²) in [4.78, 5) is 12.7. The van der Waals surface area contributed by atoms with E-state index in [1.165, 1.54) is 6.42 Å². The normalized spacial score (nSPS) is 39.5. The van der Waals surface area contributed by atoms with Crippen molar-refractivity contribution in [2.24, 2.45) is 52.3 Å². The van der Waals surface area contributed by atoms with Crippen molar-refractivity contribution in [3.63, 3.8) is 0 Å². The maximum absolute atomic E-state index is 12.8. The second kappa shape index (κ2) is 12.2. The summed E-state index contributed by atoms with van der Waals surface area (Å²) in [7, 11) is -3.95. The third-order valence-corrected chi connectivity index (χ3v) is 14.6. The molecule has 2 amide bonds. The van der Waals surface area contributed by atoms with Crippen molar-refractivity contribution in [3.8, 4) is 0 Å². The second-order valence-corrected chi connectivity index (χ2v) is 18.2. The number of urea groups is 1. The highest BCUT2D eigenvalue weighted by atomic mass is 32.2. The monoisotopic (exact) mass is 630 g/mol. The number of aliphatic hydroxyl groups excluding tert-OH is 2. The summed E-state index contributed by atoms with van der Waals surface area (Å²) in [6.07, 6.45) is 8.60. The van der Waals surface area contributed by atoms with E-state index in [1.54, 1.807) is 24.3 Å². The van der Waals surface area contributed by atoms with E-state index < -0.39 is 16.1 Å². The number of benzene rings is 1. The molecule has 8 heteroatoms. The van der Waals surface area contributed by atoms with Gasteiger partial charge in [0.25, 0.3) is 10.0 Å². The Morgan fingerprint density at radius 1 is 0.977 bits per heavy atom. The van der Waals surface area contributed by atoms with Gasteiger partial charge in [-0.1, -0.05) is 67.0 Å². The van der Waals surface area contributed by atoms with Crippen molar-refractivity contribution in [2.45, 2.75) is 129 Å². The van der Waals surface area contributed by atoms with Gasteiger partial charge in [0.05, 0.1) is 17.1 Å². The lowest BCUT2D eigenvalue weighted by Crippen LogP contribution is -2.62. The van der Waals surface area contributed by atoms with E-state index >= 15 is 0 Å². The molecule has 0 saturated heterocycles. The molecule has 0 heterocycles. The van der Waals surface area contributed by atoms with Gasteiger partial charge in [-0.05, 0) is 127 Å². The van der Waals surface area contributed by atoms with Crippen LogP contribution >= 0.6 is 0 Å². The number of hydrogen-bond donors (Lipinski definition) is 4. The highest BCUT2D eigenvalue weighted by Gasteiger charge is 2.64. The predicted molar refractivity (Wildman–Crippen MR) is 174 cm³/mol. The number of nitrogens with one attached hydrogen (secondary N) is 2. The number of carbonyl (C=O) groups is 1. The van der Waals surface area contributed by atoms with Crippen LogP contribution in [0.15, 0.2) is 29.2 Å². The Kier molecular flexibility index (Phi) is 9.34. The van der Waals surface area contributed by atoms with Crippen molar-refractivity contribution in [1.82, 2.24) is 10.0 Å². The molecule has 7 nitrogen and oxygen atoms in total. The molecule has 11 atom stereocenters. The molecule has 0 aliphatic heterocycles. The number of carbonyl (C=O) groups excluding carboxylic acids is 1. The van der Waals surface area contributed by atoms with E-state index in [2.05, 4.69) is 58.5 Å². The molecule has 44 heavy (non-hydrogen) atoms. The molecule has 4 aliphatic rings. The third-order valence-electron chi connectivity index (χ3n) is 13.3. The minimum atomic E-state index is -3.95. The first-order valence-corrected chi connectivity index (χ1v) is 18.8. The summed E-state index contributed by atoms with van der Waals surface area (Å²) < 4.78 is 27.8. The number of amides is 2. The van der Waals surface area contributed by atoms with Crippen LogP contribution < -0.4 is 10.0 Å². The SMILES string of the molecule is CCC1C2C[C@H](O)CCC2(C)[C@H]2CCC3(C)C([C@H](C)CCNC(=O)NS(=O)(=O)c4ccc(C(C)(C)C)cc4)CC[C@H]3[C@@H]2[C@@H]1O. The third kappa shape index (κ3) is 5.97. The van der Waals surface area contributed by atoms with Crippen LogP contribution in [0.5, 0.6) is 0 Å².